The van der Waals surface area contributed by atoms with Crippen LogP contribution in [0.1, 0.15) is 25.1 Å². The summed E-state index contributed by atoms with van der Waals surface area (Å²) in [4.78, 5) is 11.8. The highest BCUT2D eigenvalue weighted by atomic mass is 35.5. The van der Waals surface area contributed by atoms with Gasteiger partial charge < -0.3 is 15.5 Å². The van der Waals surface area contributed by atoms with Gasteiger partial charge in [0.05, 0.1) is 6.04 Å². The Morgan fingerprint density at radius 3 is 2.81 bits per heavy atom. The van der Waals surface area contributed by atoms with Crippen molar-refractivity contribution in [2.75, 3.05) is 11.1 Å². The first-order chi connectivity index (χ1) is 10.2. The summed E-state index contributed by atoms with van der Waals surface area (Å²) >= 11 is 5.78. The molecule has 21 heavy (non-hydrogen) atoms. The third kappa shape index (κ3) is 2.90. The minimum atomic E-state index is -0.0738. The summed E-state index contributed by atoms with van der Waals surface area (Å²) in [6, 6.07) is 9.79. The number of nitrogens with one attached hydrogen (secondary N) is 1. The molecule has 1 unspecified atom stereocenters. The number of halogens is 1. The first-order valence-electron chi connectivity index (χ1n) is 6.57. The minimum absolute atomic E-state index is 0.0597. The van der Waals surface area contributed by atoms with E-state index in [0.717, 1.165) is 23.2 Å². The summed E-state index contributed by atoms with van der Waals surface area (Å²) in [7, 11) is 0. The zero-order valence-corrected chi connectivity index (χ0v) is 12.1. The van der Waals surface area contributed by atoms with E-state index in [9.17, 15) is 0 Å². The average molecular weight is 304 g/mol. The molecule has 0 aliphatic heterocycles. The van der Waals surface area contributed by atoms with Crippen LogP contribution in [0.3, 0.4) is 0 Å². The lowest BCUT2D eigenvalue weighted by molar-refractivity contribution is 0.503. The molecule has 0 radical (unpaired) electrons. The third-order valence-corrected chi connectivity index (χ3v) is 3.29. The van der Waals surface area contributed by atoms with Crippen LogP contribution in [0, 0.1) is 0 Å². The van der Waals surface area contributed by atoms with Gasteiger partial charge in [-0.15, -0.1) is 0 Å². The number of benzene rings is 1. The Balaban J connectivity index is 1.90. The van der Waals surface area contributed by atoms with Gasteiger partial charge in [0.15, 0.2) is 0 Å². The molecule has 2 heterocycles. The molecule has 0 bridgehead atoms. The van der Waals surface area contributed by atoms with Crippen LogP contribution in [0.5, 0.6) is 0 Å². The first kappa shape index (κ1) is 13.6. The highest BCUT2D eigenvalue weighted by Gasteiger charge is 2.16. The second-order valence-electron chi connectivity index (χ2n) is 4.58. The van der Waals surface area contributed by atoms with Crippen LogP contribution in [0.2, 0.25) is 5.28 Å². The quantitative estimate of drug-likeness (QED) is 0.767. The Labute approximate surface area is 126 Å². The van der Waals surface area contributed by atoms with E-state index in [1.807, 2.05) is 37.3 Å². The van der Waals surface area contributed by atoms with Crippen LogP contribution in [-0.4, -0.2) is 15.0 Å². The molecule has 0 aliphatic carbocycles. The van der Waals surface area contributed by atoms with Gasteiger partial charge in [0, 0.05) is 5.39 Å². The number of nitrogens with two attached hydrogens (primary N) is 1. The summed E-state index contributed by atoms with van der Waals surface area (Å²) in [6.45, 7) is 2.04. The molecule has 1 atom stereocenters. The van der Waals surface area contributed by atoms with Gasteiger partial charge in [0.25, 0.3) is 0 Å². The molecule has 108 valence electrons. The van der Waals surface area contributed by atoms with Gasteiger partial charge in [0.2, 0.25) is 17.2 Å². The molecule has 0 saturated heterocycles. The number of anilines is 2. The smallest absolute Gasteiger partial charge is 0.229 e. The van der Waals surface area contributed by atoms with Crippen molar-refractivity contribution in [1.82, 2.24) is 15.0 Å². The molecule has 0 saturated carbocycles. The van der Waals surface area contributed by atoms with Gasteiger partial charge in [-0.1, -0.05) is 25.1 Å². The molecule has 3 N–H and O–H groups in total. The zero-order chi connectivity index (χ0) is 14.8. The van der Waals surface area contributed by atoms with E-state index in [2.05, 4.69) is 20.3 Å². The fourth-order valence-corrected chi connectivity index (χ4v) is 2.30. The maximum atomic E-state index is 5.86. The Morgan fingerprint density at radius 1 is 1.29 bits per heavy atom. The Hall–Kier alpha value is -2.34. The molecule has 2 aromatic heterocycles. The molecule has 6 nitrogen and oxygen atoms in total. The predicted molar refractivity (Wildman–Crippen MR) is 82.1 cm³/mol. The van der Waals surface area contributed by atoms with Gasteiger partial charge in [-0.3, -0.25) is 0 Å². The number of para-hydroxylation sites is 1. The lowest BCUT2D eigenvalue weighted by Crippen LogP contribution is -2.13. The number of furan rings is 1. The van der Waals surface area contributed by atoms with Crippen molar-refractivity contribution in [3.8, 4) is 0 Å². The standard InChI is InChI=1S/C14H14ClN5O/c1-2-9(17-14-19-12(15)18-13(16)20-14)11-7-8-5-3-4-6-10(8)21-11/h3-7,9H,2H2,1H3,(H3,16,17,18,19,20). The van der Waals surface area contributed by atoms with Crippen molar-refractivity contribution < 1.29 is 4.42 Å². The summed E-state index contributed by atoms with van der Waals surface area (Å²) in [5, 5.41) is 4.28. The number of rotatable bonds is 4. The van der Waals surface area contributed by atoms with Gasteiger partial charge in [-0.25, -0.2) is 0 Å². The fourth-order valence-electron chi connectivity index (χ4n) is 2.13. The molecule has 7 heteroatoms. The highest BCUT2D eigenvalue weighted by molar-refractivity contribution is 6.28. The van der Waals surface area contributed by atoms with Crippen molar-refractivity contribution in [3.63, 3.8) is 0 Å². The summed E-state index contributed by atoms with van der Waals surface area (Å²) < 4.78 is 5.86. The van der Waals surface area contributed by atoms with E-state index in [4.69, 9.17) is 21.8 Å². The molecule has 1 aromatic carbocycles. The topological polar surface area (TPSA) is 89.9 Å². The van der Waals surface area contributed by atoms with Crippen molar-refractivity contribution >= 4 is 34.5 Å². The lowest BCUT2D eigenvalue weighted by Gasteiger charge is -2.14. The molecule has 0 spiro atoms. The van der Waals surface area contributed by atoms with E-state index in [-0.39, 0.29) is 17.3 Å². The summed E-state index contributed by atoms with van der Waals surface area (Å²) in [6.07, 6.45) is 0.795. The van der Waals surface area contributed by atoms with Crippen LogP contribution >= 0.6 is 11.6 Å². The van der Waals surface area contributed by atoms with Gasteiger partial charge >= 0.3 is 0 Å². The maximum Gasteiger partial charge on any atom is 0.229 e. The predicted octanol–water partition coefficient (Wildman–Crippen LogP) is 3.42. The van der Waals surface area contributed by atoms with Crippen LogP contribution in [-0.2, 0) is 0 Å². The Bertz CT molecular complexity index is 720. The molecule has 0 aliphatic rings. The SMILES string of the molecule is CCC(Nc1nc(N)nc(Cl)n1)c1cc2ccccc2o1. The zero-order valence-electron chi connectivity index (χ0n) is 11.4. The van der Waals surface area contributed by atoms with Crippen molar-refractivity contribution in [2.24, 2.45) is 0 Å². The number of hydrogen-bond donors (Lipinski definition) is 2. The Kier molecular flexibility index (Phi) is 3.62. The van der Waals surface area contributed by atoms with Crippen molar-refractivity contribution in [3.05, 3.63) is 41.4 Å². The van der Waals surface area contributed by atoms with Crippen LogP contribution in [0.4, 0.5) is 11.9 Å². The second kappa shape index (κ2) is 5.57. The van der Waals surface area contributed by atoms with Crippen molar-refractivity contribution in [2.45, 2.75) is 19.4 Å². The maximum absolute atomic E-state index is 5.86. The number of aromatic nitrogens is 3. The van der Waals surface area contributed by atoms with Gasteiger partial charge in [-0.05, 0) is 30.2 Å². The number of nitrogen functional groups attached to an aromatic ring is 1. The summed E-state index contributed by atoms with van der Waals surface area (Å²) in [5.74, 6) is 1.23. The fraction of sp³-hybridized carbons (Fsp3) is 0.214. The first-order valence-corrected chi connectivity index (χ1v) is 6.95. The average Bonchev–Trinajstić information content (AvgIpc) is 2.87. The normalized spacial score (nSPS) is 12.5. The van der Waals surface area contributed by atoms with E-state index >= 15 is 0 Å². The van der Waals surface area contributed by atoms with E-state index in [1.54, 1.807) is 0 Å². The van der Waals surface area contributed by atoms with Crippen LogP contribution < -0.4 is 11.1 Å². The van der Waals surface area contributed by atoms with E-state index in [0.29, 0.717) is 5.95 Å². The largest absolute Gasteiger partial charge is 0.459 e. The molecule has 3 rings (SSSR count). The molecular formula is C14H14ClN5O. The summed E-state index contributed by atoms with van der Waals surface area (Å²) in [5.41, 5.74) is 6.41. The molecular weight excluding hydrogens is 290 g/mol. The monoisotopic (exact) mass is 303 g/mol. The van der Waals surface area contributed by atoms with Crippen LogP contribution in [0.15, 0.2) is 34.7 Å². The van der Waals surface area contributed by atoms with Gasteiger partial charge in [-0.2, -0.15) is 15.0 Å². The second-order valence-corrected chi connectivity index (χ2v) is 4.92. The third-order valence-electron chi connectivity index (χ3n) is 3.13. The molecule has 3 aromatic rings. The molecule has 0 fully saturated rings. The Morgan fingerprint density at radius 2 is 2.10 bits per heavy atom. The van der Waals surface area contributed by atoms with E-state index < -0.39 is 0 Å². The number of fused-ring (bicyclic) bond motifs is 1. The van der Waals surface area contributed by atoms with Gasteiger partial charge in [0.1, 0.15) is 11.3 Å². The van der Waals surface area contributed by atoms with Crippen LogP contribution in [0.25, 0.3) is 11.0 Å². The van der Waals surface area contributed by atoms with Crippen molar-refractivity contribution in [1.29, 1.82) is 0 Å². The lowest BCUT2D eigenvalue weighted by atomic mass is 10.1. The van der Waals surface area contributed by atoms with E-state index in [1.165, 1.54) is 0 Å². The number of nitrogens with zero attached hydrogens (tertiary/aromatic N) is 3. The highest BCUT2D eigenvalue weighted by Crippen LogP contribution is 2.27. The number of hydrogen-bond acceptors (Lipinski definition) is 6. The minimum Gasteiger partial charge on any atom is -0.459 e. The molecule has 0 amide bonds.